The van der Waals surface area contributed by atoms with Crippen molar-refractivity contribution in [2.75, 3.05) is 81.7 Å². The highest BCUT2D eigenvalue weighted by atomic mass is 19.1. The molecule has 0 saturated carbocycles. The zero-order valence-electron chi connectivity index (χ0n) is 41.6. The topological polar surface area (TPSA) is 238 Å². The lowest BCUT2D eigenvalue weighted by Crippen LogP contribution is -2.39. The van der Waals surface area contributed by atoms with Gasteiger partial charge in [-0.3, -0.25) is 28.8 Å². The lowest BCUT2D eigenvalue weighted by Gasteiger charge is -2.22. The maximum Gasteiger partial charge on any atom is 0.409 e. The van der Waals surface area contributed by atoms with Crippen LogP contribution in [0, 0.1) is 19.7 Å². The predicted molar refractivity (Wildman–Crippen MR) is 272 cm³/mol. The monoisotopic (exact) mass is 992 g/mol. The van der Waals surface area contributed by atoms with E-state index < -0.39 is 17.8 Å². The predicted octanol–water partition coefficient (Wildman–Crippen LogP) is 6.79. The molecule has 7 N–H and O–H groups in total. The third kappa shape index (κ3) is 14.4. The standard InChI is InChI=1S/C53H65FN8O10/c1-6-62(24-21-57-52(68)50-32(4)45(58-33(50)5)30-42-41-27-34(54)15-20-44(41)61-51(42)67)53(69)72-31-43-39-28-35(59-48(65)13-9-11-46(63)55-22-25-70-7-2)16-18-37(39)38-19-17-36(29-40(38)43)60-49(66)14-10-12-47(64)56-23-26-71-8-3/h15-20,27-30,43,58H,6-14,21-26,31H2,1-5H3,(H,55,63)(H,56,64)(H,57,68)(H,59,65)(H,60,66)(H,61,67)/b42-30-. The first-order chi connectivity index (χ1) is 34.7. The molecule has 3 aromatic carbocycles. The first-order valence-electron chi connectivity index (χ1n) is 24.5. The molecular weight excluding hydrogens is 928 g/mol. The molecule has 0 spiro atoms. The number of carbonyl (C=O) groups excluding carboxylic acids is 7. The van der Waals surface area contributed by atoms with Crippen LogP contribution < -0.4 is 31.9 Å². The van der Waals surface area contributed by atoms with Gasteiger partial charge in [0.25, 0.3) is 11.8 Å². The quantitative estimate of drug-likeness (QED) is 0.0257. The zero-order chi connectivity index (χ0) is 51.7. The first-order valence-corrected chi connectivity index (χ1v) is 24.5. The number of amides is 7. The summed E-state index contributed by atoms with van der Waals surface area (Å²) in [6.07, 6.45) is 2.29. The van der Waals surface area contributed by atoms with Crippen LogP contribution in [0.4, 0.5) is 26.2 Å². The van der Waals surface area contributed by atoms with Crippen molar-refractivity contribution in [3.63, 3.8) is 0 Å². The molecule has 6 rings (SSSR count). The summed E-state index contributed by atoms with van der Waals surface area (Å²) in [6.45, 7) is 12.2. The molecule has 1 aliphatic carbocycles. The highest BCUT2D eigenvalue weighted by Gasteiger charge is 2.32. The molecule has 18 nitrogen and oxygen atoms in total. The smallest absolute Gasteiger partial charge is 0.409 e. The van der Waals surface area contributed by atoms with E-state index in [2.05, 4.69) is 36.9 Å². The van der Waals surface area contributed by atoms with Gasteiger partial charge in [0, 0.05) is 112 Å². The van der Waals surface area contributed by atoms with E-state index in [0.29, 0.717) is 97.5 Å². The van der Waals surface area contributed by atoms with E-state index in [9.17, 15) is 38.0 Å². The van der Waals surface area contributed by atoms with Gasteiger partial charge in [-0.1, -0.05) is 12.1 Å². The molecule has 2 aliphatic rings. The fourth-order valence-corrected chi connectivity index (χ4v) is 8.68. The van der Waals surface area contributed by atoms with E-state index in [-0.39, 0.29) is 92.9 Å². The van der Waals surface area contributed by atoms with Gasteiger partial charge in [0.15, 0.2) is 0 Å². The van der Waals surface area contributed by atoms with Crippen molar-refractivity contribution < 1.29 is 52.2 Å². The summed E-state index contributed by atoms with van der Waals surface area (Å²) >= 11 is 0. The number of hydrogen-bond acceptors (Lipinski definition) is 10. The third-order valence-electron chi connectivity index (χ3n) is 12.3. The van der Waals surface area contributed by atoms with Gasteiger partial charge in [-0.15, -0.1) is 0 Å². The van der Waals surface area contributed by atoms with Gasteiger partial charge >= 0.3 is 6.09 Å². The second-order valence-corrected chi connectivity index (χ2v) is 17.3. The average Bonchev–Trinajstić information content (AvgIpc) is 3.94. The van der Waals surface area contributed by atoms with Crippen LogP contribution in [0.2, 0.25) is 0 Å². The summed E-state index contributed by atoms with van der Waals surface area (Å²) < 4.78 is 30.6. The molecule has 72 heavy (non-hydrogen) atoms. The molecule has 0 fully saturated rings. The largest absolute Gasteiger partial charge is 0.448 e. The lowest BCUT2D eigenvalue weighted by atomic mass is 9.97. The Morgan fingerprint density at radius 2 is 1.28 bits per heavy atom. The second kappa shape index (κ2) is 26.2. The molecule has 0 unspecified atom stereocenters. The minimum atomic E-state index is -0.617. The Morgan fingerprint density at radius 3 is 1.83 bits per heavy atom. The normalized spacial score (nSPS) is 12.9. The summed E-state index contributed by atoms with van der Waals surface area (Å²) in [6, 6.07) is 15.1. The van der Waals surface area contributed by atoms with Gasteiger partial charge in [-0.05, 0) is 124 Å². The van der Waals surface area contributed by atoms with Gasteiger partial charge in [-0.2, -0.15) is 0 Å². The molecule has 4 aromatic rings. The average molecular weight is 993 g/mol. The molecule has 0 bridgehead atoms. The molecule has 19 heteroatoms. The highest BCUT2D eigenvalue weighted by molar-refractivity contribution is 6.35. The van der Waals surface area contributed by atoms with Crippen molar-refractivity contribution in [3.8, 4) is 11.1 Å². The maximum absolute atomic E-state index is 14.1. The van der Waals surface area contributed by atoms with Gasteiger partial charge in [-0.25, -0.2) is 9.18 Å². The summed E-state index contributed by atoms with van der Waals surface area (Å²) in [7, 11) is 0. The van der Waals surface area contributed by atoms with Gasteiger partial charge in [0.1, 0.15) is 12.4 Å². The van der Waals surface area contributed by atoms with E-state index in [0.717, 1.165) is 22.3 Å². The van der Waals surface area contributed by atoms with Crippen molar-refractivity contribution in [2.24, 2.45) is 0 Å². The molecule has 1 aromatic heterocycles. The van der Waals surface area contributed by atoms with Crippen molar-refractivity contribution in [1.29, 1.82) is 0 Å². The molecule has 384 valence electrons. The number of anilines is 3. The highest BCUT2D eigenvalue weighted by Crippen LogP contribution is 2.47. The number of H-pyrrole nitrogens is 1. The van der Waals surface area contributed by atoms with Crippen LogP contribution in [-0.2, 0) is 38.2 Å². The van der Waals surface area contributed by atoms with Crippen molar-refractivity contribution in [2.45, 2.75) is 79.1 Å². The lowest BCUT2D eigenvalue weighted by molar-refractivity contribution is -0.122. The number of carbonyl (C=O) groups is 7. The van der Waals surface area contributed by atoms with Crippen LogP contribution in [0.5, 0.6) is 0 Å². The summed E-state index contributed by atoms with van der Waals surface area (Å²) in [5.74, 6) is -2.62. The number of benzene rings is 3. The molecule has 7 amide bonds. The maximum atomic E-state index is 14.1. The Balaban J connectivity index is 1.09. The van der Waals surface area contributed by atoms with Crippen molar-refractivity contribution in [1.82, 2.24) is 25.8 Å². The second-order valence-electron chi connectivity index (χ2n) is 17.3. The van der Waals surface area contributed by atoms with Crippen LogP contribution in [0.3, 0.4) is 0 Å². The Morgan fingerprint density at radius 1 is 0.708 bits per heavy atom. The van der Waals surface area contributed by atoms with E-state index in [1.807, 2.05) is 38.1 Å². The van der Waals surface area contributed by atoms with Crippen LogP contribution in [0.1, 0.15) is 109 Å². The Labute approximate surface area is 418 Å². The number of ether oxygens (including phenoxy) is 3. The molecule has 0 atom stereocenters. The minimum Gasteiger partial charge on any atom is -0.448 e. The van der Waals surface area contributed by atoms with Crippen molar-refractivity contribution in [3.05, 3.63) is 99.6 Å². The Bertz CT molecular complexity index is 2590. The number of aromatic nitrogens is 1. The Kier molecular flexibility index (Phi) is 19.6. The number of nitrogens with zero attached hydrogens (tertiary/aromatic N) is 1. The van der Waals surface area contributed by atoms with Crippen LogP contribution in [0.25, 0.3) is 22.8 Å². The van der Waals surface area contributed by atoms with E-state index in [4.69, 9.17) is 14.2 Å². The molecule has 0 radical (unpaired) electrons. The summed E-state index contributed by atoms with van der Waals surface area (Å²) in [5, 5.41) is 17.0. The van der Waals surface area contributed by atoms with E-state index >= 15 is 0 Å². The van der Waals surface area contributed by atoms with Crippen molar-refractivity contribution >= 4 is 70.2 Å². The minimum absolute atomic E-state index is 0.0930. The number of fused-ring (bicyclic) bond motifs is 4. The SMILES string of the molecule is CCOCCNC(=O)CCCC(=O)Nc1ccc2c(c1)C(COC(=O)N(CC)CCNC(=O)c1c(C)[nH]c(/C=C3\C(=O)Nc4ccc(F)cc43)c1C)c1cc(NC(=O)CCCC(=O)NCCOCC)ccc1-2. The van der Waals surface area contributed by atoms with Crippen LogP contribution in [0.15, 0.2) is 54.6 Å². The first kappa shape index (κ1) is 54.0. The molecule has 1 aliphatic heterocycles. The van der Waals surface area contributed by atoms with Gasteiger partial charge < -0.3 is 56.0 Å². The number of aryl methyl sites for hydroxylation is 1. The molecular formula is C53H65FN8O10. The van der Waals surface area contributed by atoms with E-state index in [1.54, 1.807) is 39.0 Å². The summed E-state index contributed by atoms with van der Waals surface area (Å²) in [4.78, 5) is 95.2. The summed E-state index contributed by atoms with van der Waals surface area (Å²) in [5.41, 5.74) is 7.57. The van der Waals surface area contributed by atoms with Crippen LogP contribution in [-0.4, -0.2) is 117 Å². The number of hydrogen-bond donors (Lipinski definition) is 7. The van der Waals surface area contributed by atoms with E-state index in [1.165, 1.54) is 23.1 Å². The van der Waals surface area contributed by atoms with Crippen LogP contribution >= 0.6 is 0 Å². The Hall–Kier alpha value is -7.38. The number of rotatable bonds is 26. The molecule has 0 saturated heterocycles. The van der Waals surface area contributed by atoms with Gasteiger partial charge in [0.05, 0.1) is 24.4 Å². The fourth-order valence-electron chi connectivity index (χ4n) is 8.68. The fraction of sp³-hybridized carbons (Fsp3) is 0.415. The number of nitrogens with one attached hydrogen (secondary N) is 7. The third-order valence-corrected chi connectivity index (χ3v) is 12.3. The number of halogens is 1. The zero-order valence-corrected chi connectivity index (χ0v) is 41.6. The van der Waals surface area contributed by atoms with Gasteiger partial charge in [0.2, 0.25) is 23.6 Å². The number of likely N-dealkylation sites (N-methyl/N-ethyl adjacent to an activating group) is 1. The molecule has 2 heterocycles. The number of aromatic amines is 1.